The predicted molar refractivity (Wildman–Crippen MR) is 199 cm³/mol. The van der Waals surface area contributed by atoms with Crippen LogP contribution in [0.25, 0.3) is 28.0 Å². The highest BCUT2D eigenvalue weighted by atomic mass is 32.2. The van der Waals surface area contributed by atoms with Gasteiger partial charge in [-0.2, -0.15) is 14.7 Å². The molecule has 278 valence electrons. The van der Waals surface area contributed by atoms with Crippen LogP contribution in [0.1, 0.15) is 61.1 Å². The molecular weight excluding hydrogens is 700 g/mol. The summed E-state index contributed by atoms with van der Waals surface area (Å²) in [5.74, 6) is -0.435. The summed E-state index contributed by atoms with van der Waals surface area (Å²) in [6, 6.07) is 9.61. The van der Waals surface area contributed by atoms with Crippen molar-refractivity contribution in [1.29, 1.82) is 0 Å². The van der Waals surface area contributed by atoms with E-state index < -0.39 is 9.84 Å². The van der Waals surface area contributed by atoms with Gasteiger partial charge in [-0.05, 0) is 77.9 Å². The molecule has 6 heterocycles. The van der Waals surface area contributed by atoms with E-state index in [2.05, 4.69) is 35.5 Å². The number of nitrogen functional groups attached to an aromatic ring is 1. The minimum absolute atomic E-state index is 0.0305. The van der Waals surface area contributed by atoms with Gasteiger partial charge in [0.1, 0.15) is 16.5 Å². The molecule has 17 heteroatoms. The first-order valence-electron chi connectivity index (χ1n) is 17.7. The number of nitrogens with two attached hydrogens (primary N) is 1. The number of nitrogens with zero attached hydrogens (tertiary/aromatic N) is 10. The fraction of sp³-hybridized carbons (Fsp3) is 0.417. The van der Waals surface area contributed by atoms with Crippen molar-refractivity contribution in [2.24, 2.45) is 4.99 Å². The Balaban J connectivity index is 1.16. The lowest BCUT2D eigenvalue weighted by molar-refractivity contribution is 0.0561. The molecule has 2 saturated heterocycles. The summed E-state index contributed by atoms with van der Waals surface area (Å²) in [7, 11) is 0.198. The van der Waals surface area contributed by atoms with Gasteiger partial charge >= 0.3 is 0 Å². The smallest absolute Gasteiger partial charge is 0.276 e. The van der Waals surface area contributed by atoms with Crippen molar-refractivity contribution < 1.29 is 17.6 Å². The molecule has 53 heavy (non-hydrogen) atoms. The first-order chi connectivity index (χ1) is 25.4. The maximum atomic E-state index is 14.4. The fourth-order valence-corrected chi connectivity index (χ4v) is 8.57. The van der Waals surface area contributed by atoms with E-state index in [1.807, 2.05) is 25.9 Å². The number of sulfone groups is 1. The highest BCUT2D eigenvalue weighted by Crippen LogP contribution is 2.45. The van der Waals surface area contributed by atoms with E-state index in [0.29, 0.717) is 65.6 Å². The van der Waals surface area contributed by atoms with Gasteiger partial charge in [0, 0.05) is 60.2 Å². The molecule has 0 spiro atoms. The topological polar surface area (TPSA) is 182 Å². The van der Waals surface area contributed by atoms with Gasteiger partial charge in [0.25, 0.3) is 5.91 Å². The van der Waals surface area contributed by atoms with E-state index in [-0.39, 0.29) is 46.1 Å². The zero-order valence-electron chi connectivity index (χ0n) is 30.1. The molecule has 5 aromatic rings. The van der Waals surface area contributed by atoms with Crippen LogP contribution in [0.5, 0.6) is 0 Å². The Labute approximate surface area is 307 Å². The molecule has 15 nitrogen and oxygen atoms in total. The molecule has 3 N–H and O–H groups in total. The number of hydrogen-bond donors (Lipinski definition) is 2. The van der Waals surface area contributed by atoms with Crippen molar-refractivity contribution in [3.8, 4) is 22.4 Å². The summed E-state index contributed by atoms with van der Waals surface area (Å²) in [5.41, 5.74) is 9.66. The first-order valence-corrected chi connectivity index (χ1v) is 19.6. The molecule has 0 radical (unpaired) electrons. The average Bonchev–Trinajstić information content (AvgIpc) is 3.85. The maximum Gasteiger partial charge on any atom is 0.276 e. The van der Waals surface area contributed by atoms with Crippen molar-refractivity contribution in [3.05, 3.63) is 72.2 Å². The van der Waals surface area contributed by atoms with Crippen molar-refractivity contribution in [2.75, 3.05) is 45.7 Å². The van der Waals surface area contributed by atoms with Crippen LogP contribution < -0.4 is 11.1 Å². The molecule has 2 bridgehead atoms. The molecule has 3 atom stereocenters. The van der Waals surface area contributed by atoms with Crippen molar-refractivity contribution >= 4 is 33.2 Å². The van der Waals surface area contributed by atoms with Crippen LogP contribution in [0.15, 0.2) is 64.9 Å². The molecule has 0 unspecified atom stereocenters. The third kappa shape index (κ3) is 7.10. The summed E-state index contributed by atoms with van der Waals surface area (Å²) in [4.78, 5) is 33.3. The summed E-state index contributed by atoms with van der Waals surface area (Å²) < 4.78 is 42.3. The average molecular weight is 743 g/mol. The largest absolute Gasteiger partial charge is 0.382 e. The lowest BCUT2D eigenvalue weighted by Crippen LogP contribution is -2.46. The molecule has 1 amide bonds. The third-order valence-corrected chi connectivity index (χ3v) is 11.0. The molecule has 2 aliphatic heterocycles. The SMILES string of the molecule is CCN/C(=N\CCCN(C)C)n1ncc(C(=O)N2[C@@H]3CC[C@H]2C[C@@H](c2nc4c(-c5ccc(-c6ccccc6F)nc5)cnn4c(N)c2S(C)(=O)=O)C3)n1. The van der Waals surface area contributed by atoms with Crippen LogP contribution in [0.4, 0.5) is 10.2 Å². The minimum Gasteiger partial charge on any atom is -0.382 e. The third-order valence-electron chi connectivity index (χ3n) is 9.87. The lowest BCUT2D eigenvalue weighted by atomic mass is 9.87. The number of nitrogens with one attached hydrogen (secondary N) is 1. The number of aliphatic imine (C=N–C) groups is 1. The summed E-state index contributed by atoms with van der Waals surface area (Å²) >= 11 is 0. The number of carbonyl (C=O) groups is 1. The van der Waals surface area contributed by atoms with Gasteiger partial charge in [-0.15, -0.1) is 9.90 Å². The van der Waals surface area contributed by atoms with Crippen molar-refractivity contribution in [1.82, 2.24) is 49.7 Å². The number of rotatable bonds is 10. The van der Waals surface area contributed by atoms with Gasteiger partial charge in [-0.25, -0.2) is 22.8 Å². The Kier molecular flexibility index (Phi) is 9.95. The van der Waals surface area contributed by atoms with Gasteiger partial charge in [0.15, 0.2) is 21.2 Å². The number of amides is 1. The number of aromatic nitrogens is 7. The number of piperidine rings is 1. The number of pyridine rings is 1. The van der Waals surface area contributed by atoms with Gasteiger partial charge in [-0.3, -0.25) is 9.78 Å². The molecule has 4 aromatic heterocycles. The van der Waals surface area contributed by atoms with Crippen LogP contribution >= 0.6 is 0 Å². The summed E-state index contributed by atoms with van der Waals surface area (Å²) in [6.07, 6.45) is 9.17. The van der Waals surface area contributed by atoms with Crippen LogP contribution in [0.2, 0.25) is 0 Å². The Morgan fingerprint density at radius 2 is 1.81 bits per heavy atom. The zero-order valence-corrected chi connectivity index (χ0v) is 31.0. The Bertz CT molecular complexity index is 2270. The highest BCUT2D eigenvalue weighted by Gasteiger charge is 2.46. The van der Waals surface area contributed by atoms with Gasteiger partial charge in [0.05, 0.1) is 23.8 Å². The number of anilines is 1. The number of hydrogen-bond acceptors (Lipinski definition) is 11. The molecule has 2 aliphatic rings. The Morgan fingerprint density at radius 3 is 2.47 bits per heavy atom. The molecular formula is C36H43FN12O3S. The number of fused-ring (bicyclic) bond motifs is 3. The highest BCUT2D eigenvalue weighted by molar-refractivity contribution is 7.91. The lowest BCUT2D eigenvalue weighted by Gasteiger charge is -2.38. The number of benzene rings is 1. The monoisotopic (exact) mass is 742 g/mol. The number of carbonyl (C=O) groups excluding carboxylic acids is 1. The second-order valence-corrected chi connectivity index (χ2v) is 15.8. The summed E-state index contributed by atoms with van der Waals surface area (Å²) in [6.45, 7) is 4.06. The number of halogens is 1. The van der Waals surface area contributed by atoms with Crippen LogP contribution in [-0.4, -0.2) is 117 Å². The van der Waals surface area contributed by atoms with E-state index >= 15 is 0 Å². The van der Waals surface area contributed by atoms with E-state index in [1.54, 1.807) is 42.7 Å². The van der Waals surface area contributed by atoms with Crippen molar-refractivity contribution in [2.45, 2.75) is 61.9 Å². The second kappa shape index (κ2) is 14.6. The molecule has 7 rings (SSSR count). The van der Waals surface area contributed by atoms with Crippen LogP contribution in [-0.2, 0) is 9.84 Å². The quantitative estimate of drug-likeness (QED) is 0.121. The second-order valence-electron chi connectivity index (χ2n) is 13.9. The molecule has 1 aromatic carbocycles. The minimum atomic E-state index is -3.83. The normalized spacial score (nSPS) is 19.0. The Hall–Kier alpha value is -5.29. The van der Waals surface area contributed by atoms with Gasteiger partial charge in [-0.1, -0.05) is 18.2 Å². The Morgan fingerprint density at radius 1 is 1.06 bits per heavy atom. The predicted octanol–water partition coefficient (Wildman–Crippen LogP) is 3.49. The fourth-order valence-electron chi connectivity index (χ4n) is 7.51. The zero-order chi connectivity index (χ0) is 37.4. The maximum absolute atomic E-state index is 14.4. The van der Waals surface area contributed by atoms with Gasteiger partial charge in [0.2, 0.25) is 5.96 Å². The van der Waals surface area contributed by atoms with Gasteiger partial charge < -0.3 is 20.9 Å². The van der Waals surface area contributed by atoms with Crippen molar-refractivity contribution in [3.63, 3.8) is 0 Å². The molecule has 2 fully saturated rings. The van der Waals surface area contributed by atoms with E-state index in [0.717, 1.165) is 32.1 Å². The molecule has 0 saturated carbocycles. The first kappa shape index (κ1) is 36.1. The molecule has 0 aliphatic carbocycles. The standard InChI is InChI=1S/C36H43FN12O3S/c1-5-39-36(40-15-8-16-46(2)3)49-43-21-30(45-49)35(50)47-24-12-13-25(47)18-23(17-24)31-32(53(4,51)52)33(38)48-34(44-31)27(20-42-48)22-11-14-29(41-19-22)26-9-6-7-10-28(26)37/h6-7,9-11,14,19-21,23-25H,5,8,12-13,15-18,38H2,1-4H3,(H,39,40)/t23-,24+,25-. The summed E-state index contributed by atoms with van der Waals surface area (Å²) in [5, 5.41) is 16.5. The van der Waals surface area contributed by atoms with E-state index in [4.69, 9.17) is 10.7 Å². The van der Waals surface area contributed by atoms with E-state index in [9.17, 15) is 17.6 Å². The van der Waals surface area contributed by atoms with Crippen LogP contribution in [0, 0.1) is 5.82 Å². The van der Waals surface area contributed by atoms with E-state index in [1.165, 1.54) is 21.6 Å². The van der Waals surface area contributed by atoms with Crippen LogP contribution in [0.3, 0.4) is 0 Å².